The molecule has 4 nitrogen and oxygen atoms in total. The number of amides is 1. The van der Waals surface area contributed by atoms with Crippen LogP contribution in [0.15, 0.2) is 48.5 Å². The van der Waals surface area contributed by atoms with Crippen LogP contribution in [0.3, 0.4) is 0 Å². The fourth-order valence-electron chi connectivity index (χ4n) is 2.25. The van der Waals surface area contributed by atoms with Gasteiger partial charge in [0.25, 0.3) is 5.91 Å². The second-order valence-corrected chi connectivity index (χ2v) is 5.79. The molecule has 0 aromatic heterocycles. The minimum absolute atomic E-state index is 0.140. The Morgan fingerprint density at radius 2 is 1.83 bits per heavy atom. The van der Waals surface area contributed by atoms with E-state index in [4.69, 9.17) is 9.47 Å². The molecule has 1 N–H and O–H groups in total. The fraction of sp³-hybridized carbons (Fsp3) is 0.350. The first-order chi connectivity index (χ1) is 11.6. The quantitative estimate of drug-likeness (QED) is 0.756. The Bertz CT molecular complexity index is 655. The molecule has 4 heteroatoms. The molecular formula is C20H25NO3. The zero-order chi connectivity index (χ0) is 17.4. The van der Waals surface area contributed by atoms with Gasteiger partial charge in [0.2, 0.25) is 0 Å². The highest BCUT2D eigenvalue weighted by Gasteiger charge is 2.15. The van der Waals surface area contributed by atoms with Crippen LogP contribution in [0.4, 0.5) is 0 Å². The van der Waals surface area contributed by atoms with Gasteiger partial charge in [0.1, 0.15) is 5.75 Å². The summed E-state index contributed by atoms with van der Waals surface area (Å²) in [6.45, 7) is 7.25. The first kappa shape index (κ1) is 18.0. The second kappa shape index (κ2) is 9.08. The third kappa shape index (κ3) is 5.39. The van der Waals surface area contributed by atoms with E-state index in [1.54, 1.807) is 6.92 Å². The lowest BCUT2D eigenvalue weighted by atomic mass is 10.1. The third-order valence-electron chi connectivity index (χ3n) is 3.89. The maximum atomic E-state index is 12.1. The van der Waals surface area contributed by atoms with Crippen LogP contribution in [0.2, 0.25) is 0 Å². The van der Waals surface area contributed by atoms with Gasteiger partial charge in [0.05, 0.1) is 13.2 Å². The highest BCUT2D eigenvalue weighted by Crippen LogP contribution is 2.21. The minimum Gasteiger partial charge on any atom is -0.481 e. The molecule has 0 bridgehead atoms. The van der Waals surface area contributed by atoms with Crippen LogP contribution >= 0.6 is 0 Å². The number of hydrogen-bond acceptors (Lipinski definition) is 3. The van der Waals surface area contributed by atoms with E-state index in [1.807, 2.05) is 62.4 Å². The van der Waals surface area contributed by atoms with E-state index in [9.17, 15) is 4.79 Å². The molecule has 0 aliphatic heterocycles. The molecule has 24 heavy (non-hydrogen) atoms. The predicted octanol–water partition coefficient (Wildman–Crippen LogP) is 3.40. The molecule has 0 radical (unpaired) electrons. The summed E-state index contributed by atoms with van der Waals surface area (Å²) in [5.74, 6) is 0.609. The normalized spacial score (nSPS) is 11.8. The van der Waals surface area contributed by atoms with E-state index in [1.165, 1.54) is 0 Å². The molecule has 0 aliphatic carbocycles. The van der Waals surface area contributed by atoms with Crippen molar-refractivity contribution in [2.24, 2.45) is 0 Å². The number of nitrogens with one attached hydrogen (secondary N) is 1. The maximum absolute atomic E-state index is 12.1. The van der Waals surface area contributed by atoms with Crippen molar-refractivity contribution in [2.75, 3.05) is 13.2 Å². The van der Waals surface area contributed by atoms with E-state index in [0.717, 1.165) is 22.4 Å². The average Bonchev–Trinajstić information content (AvgIpc) is 2.59. The number of carbonyl (C=O) groups excluding carboxylic acids is 1. The molecule has 0 saturated carbocycles. The van der Waals surface area contributed by atoms with Crippen LogP contribution in [-0.2, 0) is 16.1 Å². The summed E-state index contributed by atoms with van der Waals surface area (Å²) in [7, 11) is 0. The van der Waals surface area contributed by atoms with Gasteiger partial charge in [-0.1, -0.05) is 42.5 Å². The van der Waals surface area contributed by atoms with E-state index in [0.29, 0.717) is 19.8 Å². The SMILES string of the molecule is Cc1cccc(OC(C)C(=O)NCCOCc2ccccc2)c1C. The summed E-state index contributed by atoms with van der Waals surface area (Å²) < 4.78 is 11.3. The fourth-order valence-corrected chi connectivity index (χ4v) is 2.25. The molecule has 2 aromatic rings. The average molecular weight is 327 g/mol. The topological polar surface area (TPSA) is 47.6 Å². The van der Waals surface area contributed by atoms with Gasteiger partial charge in [-0.3, -0.25) is 4.79 Å². The van der Waals surface area contributed by atoms with Gasteiger partial charge >= 0.3 is 0 Å². The molecule has 1 amide bonds. The summed E-state index contributed by atoms with van der Waals surface area (Å²) in [6.07, 6.45) is -0.542. The number of hydrogen-bond donors (Lipinski definition) is 1. The van der Waals surface area contributed by atoms with Crippen molar-refractivity contribution in [3.05, 3.63) is 65.2 Å². The van der Waals surface area contributed by atoms with Gasteiger partial charge in [0, 0.05) is 6.54 Å². The van der Waals surface area contributed by atoms with Gasteiger partial charge in [-0.15, -0.1) is 0 Å². The smallest absolute Gasteiger partial charge is 0.260 e. The third-order valence-corrected chi connectivity index (χ3v) is 3.89. The largest absolute Gasteiger partial charge is 0.481 e. The van der Waals surface area contributed by atoms with Crippen molar-refractivity contribution in [2.45, 2.75) is 33.5 Å². The van der Waals surface area contributed by atoms with Crippen LogP contribution < -0.4 is 10.1 Å². The Morgan fingerprint density at radius 3 is 2.58 bits per heavy atom. The molecule has 0 aliphatic rings. The Morgan fingerprint density at radius 1 is 1.08 bits per heavy atom. The molecule has 128 valence electrons. The van der Waals surface area contributed by atoms with Crippen molar-refractivity contribution in [1.82, 2.24) is 5.32 Å². The standard InChI is InChI=1S/C20H25NO3/c1-15-8-7-11-19(16(15)2)24-17(3)20(22)21-12-13-23-14-18-9-5-4-6-10-18/h4-11,17H,12-14H2,1-3H3,(H,21,22). The lowest BCUT2D eigenvalue weighted by Crippen LogP contribution is -2.38. The molecule has 1 unspecified atom stereocenters. The lowest BCUT2D eigenvalue weighted by Gasteiger charge is -2.17. The van der Waals surface area contributed by atoms with Crippen LogP contribution in [0, 0.1) is 13.8 Å². The van der Waals surface area contributed by atoms with Gasteiger partial charge in [-0.25, -0.2) is 0 Å². The molecule has 1 atom stereocenters. The van der Waals surface area contributed by atoms with Gasteiger partial charge in [0.15, 0.2) is 6.10 Å². The van der Waals surface area contributed by atoms with Crippen molar-refractivity contribution in [1.29, 1.82) is 0 Å². The van der Waals surface area contributed by atoms with Crippen LogP contribution in [-0.4, -0.2) is 25.2 Å². The van der Waals surface area contributed by atoms with Crippen LogP contribution in [0.1, 0.15) is 23.6 Å². The molecule has 0 fully saturated rings. The molecule has 2 rings (SSSR count). The number of carbonyl (C=O) groups is 1. The highest BCUT2D eigenvalue weighted by molar-refractivity contribution is 5.80. The predicted molar refractivity (Wildman–Crippen MR) is 95.1 cm³/mol. The van der Waals surface area contributed by atoms with Gasteiger partial charge < -0.3 is 14.8 Å². The summed E-state index contributed by atoms with van der Waals surface area (Å²) in [4.78, 5) is 12.1. The van der Waals surface area contributed by atoms with Crippen LogP contribution in [0.5, 0.6) is 5.75 Å². The Balaban J connectivity index is 1.69. The zero-order valence-electron chi connectivity index (χ0n) is 14.5. The first-order valence-electron chi connectivity index (χ1n) is 8.20. The van der Waals surface area contributed by atoms with E-state index < -0.39 is 6.10 Å². The number of ether oxygens (including phenoxy) is 2. The summed E-state index contributed by atoms with van der Waals surface area (Å²) >= 11 is 0. The highest BCUT2D eigenvalue weighted by atomic mass is 16.5. The Labute approximate surface area is 143 Å². The molecular weight excluding hydrogens is 302 g/mol. The van der Waals surface area contributed by atoms with Gasteiger partial charge in [-0.05, 0) is 43.5 Å². The Kier molecular flexibility index (Phi) is 6.82. The van der Waals surface area contributed by atoms with Crippen molar-refractivity contribution in [3.8, 4) is 5.75 Å². The van der Waals surface area contributed by atoms with E-state index in [2.05, 4.69) is 5.32 Å². The summed E-state index contributed by atoms with van der Waals surface area (Å²) in [5, 5.41) is 2.83. The van der Waals surface area contributed by atoms with E-state index in [-0.39, 0.29) is 5.91 Å². The van der Waals surface area contributed by atoms with Crippen molar-refractivity contribution < 1.29 is 14.3 Å². The van der Waals surface area contributed by atoms with Crippen molar-refractivity contribution in [3.63, 3.8) is 0 Å². The van der Waals surface area contributed by atoms with Crippen molar-refractivity contribution >= 4 is 5.91 Å². The molecule has 0 saturated heterocycles. The minimum atomic E-state index is -0.542. The number of rotatable bonds is 8. The monoisotopic (exact) mass is 327 g/mol. The summed E-state index contributed by atoms with van der Waals surface area (Å²) in [6, 6.07) is 15.8. The first-order valence-corrected chi connectivity index (χ1v) is 8.20. The molecule has 0 spiro atoms. The van der Waals surface area contributed by atoms with E-state index >= 15 is 0 Å². The van der Waals surface area contributed by atoms with Crippen LogP contribution in [0.25, 0.3) is 0 Å². The maximum Gasteiger partial charge on any atom is 0.260 e. The second-order valence-electron chi connectivity index (χ2n) is 5.79. The lowest BCUT2D eigenvalue weighted by molar-refractivity contribution is -0.127. The number of aryl methyl sites for hydroxylation is 1. The molecule has 2 aromatic carbocycles. The number of benzene rings is 2. The van der Waals surface area contributed by atoms with Gasteiger partial charge in [-0.2, -0.15) is 0 Å². The zero-order valence-corrected chi connectivity index (χ0v) is 14.5. The Hall–Kier alpha value is -2.33. The summed E-state index contributed by atoms with van der Waals surface area (Å²) in [5.41, 5.74) is 3.33. The molecule has 0 heterocycles.